The lowest BCUT2D eigenvalue weighted by Crippen LogP contribution is -2.49. The van der Waals surface area contributed by atoms with Crippen LogP contribution in [0.25, 0.3) is 0 Å². The number of benzene rings is 1. The molecule has 0 N–H and O–H groups in total. The molecule has 0 atom stereocenters. The van der Waals surface area contributed by atoms with Crippen molar-refractivity contribution in [1.29, 1.82) is 0 Å². The largest absolute Gasteiger partial charge is 0.492 e. The average Bonchev–Trinajstić information content (AvgIpc) is 3.63. The molecular formula is C30H41F3N4O2. The number of hydrogen-bond acceptors (Lipinski definition) is 4. The van der Waals surface area contributed by atoms with Gasteiger partial charge in [0.2, 0.25) is 5.91 Å². The van der Waals surface area contributed by atoms with Crippen molar-refractivity contribution in [3.05, 3.63) is 47.3 Å². The number of aryl methyl sites for hydroxylation is 3. The lowest BCUT2D eigenvalue weighted by molar-refractivity contribution is -0.141. The standard InChI is InChI=1S/C30H41F3N4O2/c1-23-20-27(30(31,32)33)34-37(23)15-11-28(38)36-16-13-29(14-17-36)12-5-4-7-25-6-2-3-8-26(25)39-19-18-35(22-29)21-24-9-10-24/h2-3,6,8,20,24H,4-5,7,9-19,21-22H2,1H3. The van der Waals surface area contributed by atoms with Gasteiger partial charge in [-0.2, -0.15) is 18.3 Å². The Balaban J connectivity index is 1.20. The topological polar surface area (TPSA) is 50.6 Å². The first-order chi connectivity index (χ1) is 18.7. The minimum atomic E-state index is -4.47. The highest BCUT2D eigenvalue weighted by molar-refractivity contribution is 5.76. The Labute approximate surface area is 229 Å². The summed E-state index contributed by atoms with van der Waals surface area (Å²) in [6.07, 6.45) is 4.71. The monoisotopic (exact) mass is 546 g/mol. The Hall–Kier alpha value is -2.55. The van der Waals surface area contributed by atoms with E-state index in [9.17, 15) is 18.0 Å². The molecule has 2 fully saturated rings. The van der Waals surface area contributed by atoms with Crippen LogP contribution in [-0.2, 0) is 23.9 Å². The second kappa shape index (κ2) is 11.9. The Morgan fingerprint density at radius 3 is 2.59 bits per heavy atom. The number of nitrogens with zero attached hydrogens (tertiary/aromatic N) is 4. The Bertz CT molecular complexity index is 1120. The van der Waals surface area contributed by atoms with Crippen molar-refractivity contribution in [3.63, 3.8) is 0 Å². The summed E-state index contributed by atoms with van der Waals surface area (Å²) in [6, 6.07) is 9.44. The van der Waals surface area contributed by atoms with E-state index >= 15 is 0 Å². The molecule has 0 radical (unpaired) electrons. The van der Waals surface area contributed by atoms with Gasteiger partial charge in [-0.1, -0.05) is 24.6 Å². The lowest BCUT2D eigenvalue weighted by Gasteiger charge is -2.45. The molecule has 1 amide bonds. The number of fused-ring (bicyclic) bond motifs is 1. The summed E-state index contributed by atoms with van der Waals surface area (Å²) < 4.78 is 46.5. The van der Waals surface area contributed by atoms with E-state index in [1.807, 2.05) is 11.0 Å². The number of piperidine rings is 1. The number of para-hydroxylation sites is 1. The molecule has 1 aliphatic carbocycles. The molecule has 2 aromatic rings. The number of alkyl halides is 3. The second-order valence-electron chi connectivity index (χ2n) is 11.9. The summed E-state index contributed by atoms with van der Waals surface area (Å²) in [5, 5.41) is 3.67. The highest BCUT2D eigenvalue weighted by atomic mass is 19.4. The van der Waals surface area contributed by atoms with Gasteiger partial charge in [-0.05, 0) is 80.9 Å². The number of hydrogen-bond donors (Lipinski definition) is 0. The molecule has 214 valence electrons. The summed E-state index contributed by atoms with van der Waals surface area (Å²) >= 11 is 0. The third-order valence-electron chi connectivity index (χ3n) is 8.80. The minimum absolute atomic E-state index is 0.00121. The number of ether oxygens (including phenoxy) is 1. The van der Waals surface area contributed by atoms with Gasteiger partial charge in [0.15, 0.2) is 5.69 Å². The summed E-state index contributed by atoms with van der Waals surface area (Å²) in [5.41, 5.74) is 0.990. The van der Waals surface area contributed by atoms with Crippen molar-refractivity contribution in [3.8, 4) is 5.75 Å². The Kier molecular flexibility index (Phi) is 8.55. The van der Waals surface area contributed by atoms with Crippen LogP contribution in [0.5, 0.6) is 5.75 Å². The van der Waals surface area contributed by atoms with E-state index < -0.39 is 11.9 Å². The van der Waals surface area contributed by atoms with Crippen molar-refractivity contribution < 1.29 is 22.7 Å². The van der Waals surface area contributed by atoms with Crippen LogP contribution in [0.1, 0.15) is 68.3 Å². The zero-order valence-electron chi connectivity index (χ0n) is 23.0. The van der Waals surface area contributed by atoms with E-state index in [0.29, 0.717) is 25.4 Å². The van der Waals surface area contributed by atoms with Crippen LogP contribution in [-0.4, -0.2) is 64.8 Å². The van der Waals surface area contributed by atoms with Crippen molar-refractivity contribution >= 4 is 5.91 Å². The first kappa shape index (κ1) is 28.0. The van der Waals surface area contributed by atoms with E-state index in [1.54, 1.807) is 6.92 Å². The van der Waals surface area contributed by atoms with E-state index in [1.165, 1.54) is 23.1 Å². The van der Waals surface area contributed by atoms with Gasteiger partial charge in [0, 0.05) is 51.4 Å². The van der Waals surface area contributed by atoms with E-state index in [2.05, 4.69) is 28.2 Å². The van der Waals surface area contributed by atoms with Crippen LogP contribution < -0.4 is 4.74 Å². The average molecular weight is 547 g/mol. The summed E-state index contributed by atoms with van der Waals surface area (Å²) in [6.45, 7) is 6.95. The van der Waals surface area contributed by atoms with Crippen LogP contribution in [0.3, 0.4) is 0 Å². The molecule has 3 heterocycles. The maximum atomic E-state index is 13.0. The number of rotatable bonds is 5. The third kappa shape index (κ3) is 7.35. The SMILES string of the molecule is Cc1cc(C(F)(F)F)nn1CCC(=O)N1CCC2(CCCCc3ccccc3OCCN(CC3CC3)C2)CC1. The van der Waals surface area contributed by atoms with Gasteiger partial charge < -0.3 is 9.64 Å². The van der Waals surface area contributed by atoms with Crippen molar-refractivity contribution in [2.75, 3.05) is 39.3 Å². The first-order valence-corrected chi connectivity index (χ1v) is 14.5. The van der Waals surface area contributed by atoms with Gasteiger partial charge in [0.1, 0.15) is 12.4 Å². The molecule has 0 bridgehead atoms. The van der Waals surface area contributed by atoms with Gasteiger partial charge in [-0.25, -0.2) is 0 Å². The summed E-state index contributed by atoms with van der Waals surface area (Å²) in [7, 11) is 0. The van der Waals surface area contributed by atoms with Crippen LogP contribution in [0, 0.1) is 18.3 Å². The first-order valence-electron chi connectivity index (χ1n) is 14.5. The van der Waals surface area contributed by atoms with Crippen molar-refractivity contribution in [2.45, 2.75) is 77.4 Å². The van der Waals surface area contributed by atoms with Crippen LogP contribution >= 0.6 is 0 Å². The fourth-order valence-electron chi connectivity index (χ4n) is 6.28. The van der Waals surface area contributed by atoms with Crippen LogP contribution in [0.15, 0.2) is 30.3 Å². The fourth-order valence-corrected chi connectivity index (χ4v) is 6.28. The maximum absolute atomic E-state index is 13.0. The van der Waals surface area contributed by atoms with Gasteiger partial charge in [0.25, 0.3) is 0 Å². The molecule has 1 saturated heterocycles. The lowest BCUT2D eigenvalue weighted by atomic mass is 9.73. The number of amides is 1. The highest BCUT2D eigenvalue weighted by Gasteiger charge is 2.38. The molecule has 2 aliphatic heterocycles. The second-order valence-corrected chi connectivity index (χ2v) is 11.9. The molecule has 1 aromatic heterocycles. The molecular weight excluding hydrogens is 505 g/mol. The molecule has 6 nitrogen and oxygen atoms in total. The zero-order chi connectivity index (χ0) is 27.5. The smallest absolute Gasteiger partial charge is 0.435 e. The van der Waals surface area contributed by atoms with Gasteiger partial charge in [-0.3, -0.25) is 14.4 Å². The number of likely N-dealkylation sites (tertiary alicyclic amines) is 1. The number of halogens is 3. The molecule has 3 aliphatic rings. The third-order valence-corrected chi connectivity index (χ3v) is 8.80. The number of carbonyl (C=O) groups excluding carboxylic acids is 1. The van der Waals surface area contributed by atoms with Crippen LogP contribution in [0.4, 0.5) is 13.2 Å². The van der Waals surface area contributed by atoms with Crippen molar-refractivity contribution in [1.82, 2.24) is 19.6 Å². The minimum Gasteiger partial charge on any atom is -0.492 e. The molecule has 9 heteroatoms. The predicted molar refractivity (Wildman–Crippen MR) is 143 cm³/mol. The number of aromatic nitrogens is 2. The van der Waals surface area contributed by atoms with E-state index in [4.69, 9.17) is 4.74 Å². The van der Waals surface area contributed by atoms with Gasteiger partial charge >= 0.3 is 6.18 Å². The van der Waals surface area contributed by atoms with Crippen molar-refractivity contribution in [2.24, 2.45) is 11.3 Å². The maximum Gasteiger partial charge on any atom is 0.435 e. The summed E-state index contributed by atoms with van der Waals surface area (Å²) in [4.78, 5) is 17.6. The van der Waals surface area contributed by atoms with Crippen LogP contribution in [0.2, 0.25) is 0 Å². The molecule has 0 unspecified atom stereocenters. The molecule has 39 heavy (non-hydrogen) atoms. The van der Waals surface area contributed by atoms with E-state index in [0.717, 1.165) is 75.9 Å². The molecule has 1 spiro atoms. The quantitative estimate of drug-likeness (QED) is 0.481. The summed E-state index contributed by atoms with van der Waals surface area (Å²) in [5.74, 6) is 1.82. The van der Waals surface area contributed by atoms with E-state index in [-0.39, 0.29) is 24.3 Å². The Morgan fingerprint density at radius 2 is 1.87 bits per heavy atom. The molecule has 1 saturated carbocycles. The van der Waals surface area contributed by atoms with Gasteiger partial charge in [-0.15, -0.1) is 0 Å². The predicted octanol–water partition coefficient (Wildman–Crippen LogP) is 5.73. The normalized spacial score (nSPS) is 21.1. The molecule has 5 rings (SSSR count). The fraction of sp³-hybridized carbons (Fsp3) is 0.667. The number of carbonyl (C=O) groups is 1. The highest BCUT2D eigenvalue weighted by Crippen LogP contribution is 2.40. The zero-order valence-corrected chi connectivity index (χ0v) is 23.0. The molecule has 1 aromatic carbocycles. The van der Waals surface area contributed by atoms with Gasteiger partial charge in [0.05, 0.1) is 0 Å². The Morgan fingerprint density at radius 1 is 1.10 bits per heavy atom.